The van der Waals surface area contributed by atoms with Gasteiger partial charge >= 0.3 is 5.97 Å². The summed E-state index contributed by atoms with van der Waals surface area (Å²) in [5.41, 5.74) is -3.22. The van der Waals surface area contributed by atoms with Crippen LogP contribution in [-0.2, 0) is 61.8 Å². The van der Waals surface area contributed by atoms with Crippen LogP contribution in [0.5, 0.6) is 0 Å². The number of benzene rings is 1. The molecule has 7 rings (SSSR count). The molecule has 378 valence electrons. The van der Waals surface area contributed by atoms with Gasteiger partial charge in [-0.05, 0) is 77.2 Å². The number of carbonyl (C=O) groups is 4. The van der Waals surface area contributed by atoms with Gasteiger partial charge < -0.3 is 68.2 Å². The van der Waals surface area contributed by atoms with E-state index in [4.69, 9.17) is 42.6 Å². The summed E-state index contributed by atoms with van der Waals surface area (Å²) >= 11 is 0. The topological polar surface area (TPSA) is 252 Å². The first kappa shape index (κ1) is 52.5. The quantitative estimate of drug-likeness (QED) is 0.118. The monoisotopic (exact) mass is 958 g/mol. The number of aliphatic hydroxyl groups excluding tert-OH is 4. The van der Waals surface area contributed by atoms with E-state index < -0.39 is 133 Å². The van der Waals surface area contributed by atoms with Crippen molar-refractivity contribution in [3.05, 3.63) is 54.1 Å². The number of hydrogen-bond acceptors (Lipinski definition) is 18. The predicted octanol–water partition coefficient (Wildman–Crippen LogP) is 2.51. The lowest BCUT2D eigenvalue weighted by Crippen LogP contribution is -2.62. The number of esters is 1. The zero-order chi connectivity index (χ0) is 49.3. The third kappa shape index (κ3) is 10.5. The van der Waals surface area contributed by atoms with Crippen molar-refractivity contribution < 1.29 is 87.3 Å². The molecule has 1 aromatic carbocycles. The third-order valence-corrected chi connectivity index (χ3v) is 15.9. The molecular weight excluding hydrogens is 889 g/mol. The molecule has 0 spiro atoms. The van der Waals surface area contributed by atoms with Gasteiger partial charge in [-0.2, -0.15) is 0 Å². The Morgan fingerprint density at radius 3 is 2.12 bits per heavy atom. The summed E-state index contributed by atoms with van der Waals surface area (Å²) in [4.78, 5) is 54.2. The number of rotatable bonds is 16. The van der Waals surface area contributed by atoms with Crippen LogP contribution < -0.4 is 0 Å². The number of ketones is 3. The standard InChI is InChI=1S/C50H70O18/c1-26(52)31-14-15-37(54)49(31,5)38(66-39(55)16-13-29-11-9-8-10-12-29)21-32-33(53)18-20-50(59)24-30(17-19-48(32,50)4)64-40-22-34(60-6)45(27(2)62-40)67-41-23-35(61-7)46(28(3)63-41)68-47-44(58)43(57)42(56)36(25-51)65-47/h8-13,16,18,20,27-28,30-32,34-36,38,40-47,51,56-59H,14-15,17,19,21-25H2,1-7H3/t27-,28-,30+,31-,32+,34-,35-,36+,38-,40+,41+,42+,43+,44-,45-,46-,47+,48-,49-,50-/m1/s1. The first-order valence-corrected chi connectivity index (χ1v) is 23.8. The van der Waals surface area contributed by atoms with Gasteiger partial charge in [-0.15, -0.1) is 0 Å². The van der Waals surface area contributed by atoms with E-state index in [2.05, 4.69) is 0 Å². The van der Waals surface area contributed by atoms with E-state index in [0.29, 0.717) is 19.3 Å². The SMILES string of the molecule is CO[C@@H]1C[C@H](O[C@H]2CC[C@]3(C)[C@@H](C[C@@H](OC(=O)C=Cc4ccccc4)[C@@]4(C)C(=O)CC[C@@H]4C(C)=O)C(=O)C=C[C@@]3(O)C2)O[C@H](C)[C@H]1O[C@H]1C[C@@H](OC)[C@H](O[C@@H]2O[C@@H](CO)[C@H](O)[C@H](O)[C@H]2O)[C@@H](C)O1. The van der Waals surface area contributed by atoms with Gasteiger partial charge in [-0.25, -0.2) is 4.79 Å². The van der Waals surface area contributed by atoms with Crippen LogP contribution in [0.2, 0.25) is 0 Å². The zero-order valence-electron chi connectivity index (χ0n) is 39.9. The normalized spacial score (nSPS) is 43.6. The van der Waals surface area contributed by atoms with Gasteiger partial charge in [0.1, 0.15) is 54.3 Å². The fraction of sp³-hybridized carbons (Fsp3) is 0.720. The molecule has 0 aromatic heterocycles. The number of methoxy groups -OCH3 is 2. The fourth-order valence-corrected chi connectivity index (χ4v) is 11.6. The van der Waals surface area contributed by atoms with Crippen LogP contribution in [-0.4, -0.2) is 167 Å². The summed E-state index contributed by atoms with van der Waals surface area (Å²) in [5, 5.41) is 53.3. The number of Topliss-reactive ketones (excluding diaryl/α,β-unsaturated/α-hetero) is 2. The first-order valence-electron chi connectivity index (χ1n) is 23.8. The number of hydrogen-bond donors (Lipinski definition) is 5. The van der Waals surface area contributed by atoms with E-state index in [1.807, 2.05) is 44.2 Å². The lowest BCUT2D eigenvalue weighted by atomic mass is 9.52. The molecular formula is C50H70O18. The Labute approximate surface area is 397 Å². The molecule has 0 unspecified atom stereocenters. The maximum absolute atomic E-state index is 14.0. The van der Waals surface area contributed by atoms with Crippen LogP contribution in [0.4, 0.5) is 0 Å². The Morgan fingerprint density at radius 1 is 0.868 bits per heavy atom. The van der Waals surface area contributed by atoms with Crippen molar-refractivity contribution in [2.45, 2.75) is 184 Å². The molecule has 0 amide bonds. The van der Waals surface area contributed by atoms with Crippen molar-refractivity contribution in [2.24, 2.45) is 22.7 Å². The molecule has 6 aliphatic rings. The maximum atomic E-state index is 14.0. The summed E-state index contributed by atoms with van der Waals surface area (Å²) in [6.45, 7) is 7.89. The highest BCUT2D eigenvalue weighted by Crippen LogP contribution is 2.57. The van der Waals surface area contributed by atoms with E-state index >= 15 is 0 Å². The third-order valence-electron chi connectivity index (χ3n) is 15.9. The van der Waals surface area contributed by atoms with Crippen LogP contribution in [0.3, 0.4) is 0 Å². The van der Waals surface area contributed by atoms with E-state index in [9.17, 15) is 44.7 Å². The molecule has 3 aliphatic carbocycles. The van der Waals surface area contributed by atoms with Crippen molar-refractivity contribution in [1.29, 1.82) is 0 Å². The smallest absolute Gasteiger partial charge is 0.331 e. The highest BCUT2D eigenvalue weighted by molar-refractivity contribution is 5.97. The molecule has 20 atom stereocenters. The second kappa shape index (κ2) is 21.6. The van der Waals surface area contributed by atoms with Gasteiger partial charge in [0.15, 0.2) is 24.7 Å². The van der Waals surface area contributed by atoms with Crippen LogP contribution in [0.1, 0.15) is 91.5 Å². The molecule has 3 saturated heterocycles. The summed E-state index contributed by atoms with van der Waals surface area (Å²) < 4.78 is 55.1. The fourth-order valence-electron chi connectivity index (χ4n) is 11.6. The second-order valence-electron chi connectivity index (χ2n) is 19.9. The molecule has 1 aromatic rings. The summed E-state index contributed by atoms with van der Waals surface area (Å²) in [5.74, 6) is -2.97. The molecule has 0 radical (unpaired) electrons. The van der Waals surface area contributed by atoms with E-state index in [-0.39, 0.29) is 49.5 Å². The van der Waals surface area contributed by atoms with Gasteiger partial charge in [0.2, 0.25) is 0 Å². The van der Waals surface area contributed by atoms with Crippen LogP contribution >= 0.6 is 0 Å². The Balaban J connectivity index is 0.993. The molecule has 18 nitrogen and oxygen atoms in total. The average molecular weight is 959 g/mol. The molecule has 0 bridgehead atoms. The first-order chi connectivity index (χ1) is 32.3. The number of ether oxygens (including phenoxy) is 9. The minimum Gasteiger partial charge on any atom is -0.458 e. The largest absolute Gasteiger partial charge is 0.458 e. The lowest BCUT2D eigenvalue weighted by Gasteiger charge is -2.55. The number of carbonyl (C=O) groups excluding carboxylic acids is 4. The zero-order valence-corrected chi connectivity index (χ0v) is 39.9. The second-order valence-corrected chi connectivity index (χ2v) is 19.9. The highest BCUT2D eigenvalue weighted by atomic mass is 16.8. The van der Waals surface area contributed by atoms with Crippen molar-refractivity contribution >= 4 is 29.4 Å². The van der Waals surface area contributed by atoms with Crippen molar-refractivity contribution in [3.8, 4) is 0 Å². The molecule has 18 heteroatoms. The van der Waals surface area contributed by atoms with E-state index in [1.54, 1.807) is 27.0 Å². The van der Waals surface area contributed by atoms with E-state index in [1.165, 1.54) is 32.3 Å². The molecule has 3 aliphatic heterocycles. The minimum atomic E-state index is -1.61. The van der Waals surface area contributed by atoms with Gasteiger partial charge in [-0.1, -0.05) is 37.3 Å². The molecule has 2 saturated carbocycles. The Hall–Kier alpha value is -3.34. The number of aliphatic hydroxyl groups is 5. The Bertz CT molecular complexity index is 1990. The lowest BCUT2D eigenvalue weighted by molar-refractivity contribution is -0.354. The average Bonchev–Trinajstić information content (AvgIpc) is 3.62. The molecule has 5 fully saturated rings. The van der Waals surface area contributed by atoms with E-state index in [0.717, 1.165) is 5.56 Å². The van der Waals surface area contributed by atoms with Crippen LogP contribution in [0.25, 0.3) is 6.08 Å². The van der Waals surface area contributed by atoms with Crippen LogP contribution in [0, 0.1) is 22.7 Å². The molecule has 68 heavy (non-hydrogen) atoms. The predicted molar refractivity (Wildman–Crippen MR) is 239 cm³/mol. The summed E-state index contributed by atoms with van der Waals surface area (Å²) in [6, 6.07) is 9.17. The Morgan fingerprint density at radius 2 is 1.50 bits per heavy atom. The van der Waals surface area contributed by atoms with Crippen molar-refractivity contribution in [3.63, 3.8) is 0 Å². The van der Waals surface area contributed by atoms with Gasteiger partial charge in [0, 0.05) is 63.2 Å². The maximum Gasteiger partial charge on any atom is 0.331 e. The summed E-state index contributed by atoms with van der Waals surface area (Å²) in [6.07, 6.45) is -6.74. The van der Waals surface area contributed by atoms with Gasteiger partial charge in [-0.3, -0.25) is 14.4 Å². The Kier molecular flexibility index (Phi) is 16.6. The van der Waals surface area contributed by atoms with Crippen LogP contribution in [0.15, 0.2) is 48.6 Å². The van der Waals surface area contributed by atoms with Gasteiger partial charge in [0.05, 0.1) is 48.1 Å². The van der Waals surface area contributed by atoms with Crippen molar-refractivity contribution in [1.82, 2.24) is 0 Å². The molecule has 5 N–H and O–H groups in total. The van der Waals surface area contributed by atoms with Crippen molar-refractivity contribution in [2.75, 3.05) is 20.8 Å². The minimum absolute atomic E-state index is 0.0782. The number of fused-ring (bicyclic) bond motifs is 1. The molecule has 3 heterocycles. The number of allylic oxidation sites excluding steroid dienone is 1. The highest BCUT2D eigenvalue weighted by Gasteiger charge is 2.62. The van der Waals surface area contributed by atoms with Gasteiger partial charge in [0.25, 0.3) is 0 Å². The summed E-state index contributed by atoms with van der Waals surface area (Å²) in [7, 11) is 3.05.